The lowest BCUT2D eigenvalue weighted by molar-refractivity contribution is 0.0697. The zero-order chi connectivity index (χ0) is 22.9. The van der Waals surface area contributed by atoms with E-state index >= 15 is 0 Å². The van der Waals surface area contributed by atoms with Crippen molar-refractivity contribution in [1.29, 1.82) is 0 Å². The first kappa shape index (κ1) is 22.4. The van der Waals surface area contributed by atoms with Crippen molar-refractivity contribution >= 4 is 27.5 Å². The van der Waals surface area contributed by atoms with Crippen LogP contribution in [-0.4, -0.2) is 60.4 Å². The van der Waals surface area contributed by atoms with Crippen molar-refractivity contribution in [3.63, 3.8) is 0 Å². The van der Waals surface area contributed by atoms with Crippen molar-refractivity contribution in [2.75, 3.05) is 33.8 Å². The number of hydrogen-bond donors (Lipinski definition) is 2. The topological polar surface area (TPSA) is 66.7 Å². The Labute approximate surface area is 199 Å². The molecule has 1 aliphatic heterocycles. The molecule has 0 bridgehead atoms. The average Bonchev–Trinajstić information content (AvgIpc) is 3.37. The fraction of sp³-hybridized carbons (Fsp3) is 0.500. The van der Waals surface area contributed by atoms with Gasteiger partial charge in [0.1, 0.15) is 12.4 Å². The molecule has 5 rings (SSSR count). The van der Waals surface area contributed by atoms with Crippen molar-refractivity contribution in [3.05, 3.63) is 40.8 Å². The predicted octanol–water partition coefficient (Wildman–Crippen LogP) is 5.03. The lowest BCUT2D eigenvalue weighted by Crippen LogP contribution is -2.42. The second-order valence-electron chi connectivity index (χ2n) is 9.59. The minimum Gasteiger partial charge on any atom is -0.491 e. The van der Waals surface area contributed by atoms with Crippen LogP contribution in [0, 0.1) is 0 Å². The van der Waals surface area contributed by atoms with Gasteiger partial charge in [0.2, 0.25) is 0 Å². The first-order valence-corrected chi connectivity index (χ1v) is 12.9. The Hall–Kier alpha value is -2.35. The van der Waals surface area contributed by atoms with Gasteiger partial charge in [0.15, 0.2) is 0 Å². The Morgan fingerprint density at radius 3 is 2.82 bits per heavy atom. The molecule has 176 valence electrons. The van der Waals surface area contributed by atoms with Gasteiger partial charge in [-0.2, -0.15) is 0 Å². The van der Waals surface area contributed by atoms with E-state index in [-0.39, 0.29) is 6.04 Å². The predicted molar refractivity (Wildman–Crippen MR) is 134 cm³/mol. The Kier molecular flexibility index (Phi) is 6.45. The normalized spacial score (nSPS) is 19.1. The first-order valence-electron chi connectivity index (χ1n) is 12.0. The summed E-state index contributed by atoms with van der Waals surface area (Å²) in [6.45, 7) is 3.10. The molecule has 1 aromatic carbocycles. The minimum absolute atomic E-state index is 0.139. The largest absolute Gasteiger partial charge is 0.491 e. The molecule has 2 aliphatic rings. The number of carbonyl (C=O) groups is 1. The molecule has 0 spiro atoms. The van der Waals surface area contributed by atoms with E-state index in [4.69, 9.17) is 4.74 Å². The zero-order valence-corrected chi connectivity index (χ0v) is 20.3. The van der Waals surface area contributed by atoms with E-state index in [2.05, 4.69) is 40.3 Å². The molecule has 2 aromatic heterocycles. The highest BCUT2D eigenvalue weighted by Gasteiger charge is 2.33. The number of aromatic carboxylic acids is 1. The third-order valence-electron chi connectivity index (χ3n) is 7.05. The highest BCUT2D eigenvalue weighted by atomic mass is 32.1. The number of likely N-dealkylation sites (N-methyl/N-ethyl adjacent to an activating group) is 1. The molecular weight excluding hydrogens is 434 g/mol. The van der Waals surface area contributed by atoms with E-state index in [1.165, 1.54) is 47.9 Å². The molecule has 2 N–H and O–H groups in total. The van der Waals surface area contributed by atoms with E-state index in [0.29, 0.717) is 23.8 Å². The number of nitrogens with zero attached hydrogens (tertiary/aromatic N) is 2. The summed E-state index contributed by atoms with van der Waals surface area (Å²) in [6.07, 6.45) is 6.10. The van der Waals surface area contributed by atoms with Crippen LogP contribution in [0.3, 0.4) is 0 Å². The van der Waals surface area contributed by atoms with Gasteiger partial charge in [-0.25, -0.2) is 4.79 Å². The van der Waals surface area contributed by atoms with Crippen LogP contribution in [0.1, 0.15) is 53.9 Å². The number of nitrogens with one attached hydrogen (secondary N) is 1. The zero-order valence-electron chi connectivity index (χ0n) is 19.5. The molecule has 33 heavy (non-hydrogen) atoms. The Bertz CT molecular complexity index is 1140. The Balaban J connectivity index is 1.69. The van der Waals surface area contributed by atoms with Gasteiger partial charge in [0.25, 0.3) is 0 Å². The van der Waals surface area contributed by atoms with Gasteiger partial charge in [0, 0.05) is 19.6 Å². The van der Waals surface area contributed by atoms with Crippen LogP contribution in [0.25, 0.3) is 21.5 Å². The molecule has 0 saturated heterocycles. The Morgan fingerprint density at radius 2 is 2.06 bits per heavy atom. The van der Waals surface area contributed by atoms with E-state index in [1.54, 1.807) is 23.5 Å². The van der Waals surface area contributed by atoms with Crippen molar-refractivity contribution in [2.24, 2.45) is 0 Å². The van der Waals surface area contributed by atoms with Gasteiger partial charge in [-0.1, -0.05) is 25.3 Å². The summed E-state index contributed by atoms with van der Waals surface area (Å²) in [5, 5.41) is 15.9. The highest BCUT2D eigenvalue weighted by molar-refractivity contribution is 7.17. The molecule has 3 heterocycles. The highest BCUT2D eigenvalue weighted by Crippen LogP contribution is 2.49. The molecule has 0 amide bonds. The number of rotatable bonds is 6. The van der Waals surface area contributed by atoms with Crippen LogP contribution in [0.2, 0.25) is 0 Å². The molecule has 1 aliphatic carbocycles. The fourth-order valence-electron chi connectivity index (χ4n) is 5.47. The summed E-state index contributed by atoms with van der Waals surface area (Å²) < 4.78 is 10.0. The van der Waals surface area contributed by atoms with E-state index < -0.39 is 5.97 Å². The quantitative estimate of drug-likeness (QED) is 0.532. The summed E-state index contributed by atoms with van der Waals surface area (Å²) in [6, 6.07) is 7.79. The SMILES string of the molecule is CN(C)CCNC1COc2cccc(C(=O)O)c2-c2c(C3CCCCC3)c3sccc3n2C1. The van der Waals surface area contributed by atoms with Crippen LogP contribution in [0.15, 0.2) is 29.6 Å². The summed E-state index contributed by atoms with van der Waals surface area (Å²) in [5.74, 6) is 0.241. The van der Waals surface area contributed by atoms with Crippen LogP contribution >= 0.6 is 11.3 Å². The van der Waals surface area contributed by atoms with Gasteiger partial charge in [-0.3, -0.25) is 0 Å². The second kappa shape index (κ2) is 9.49. The number of hydrogen-bond acceptors (Lipinski definition) is 5. The molecule has 0 radical (unpaired) electrons. The lowest BCUT2D eigenvalue weighted by atomic mass is 9.82. The first-order chi connectivity index (χ1) is 16.0. The van der Waals surface area contributed by atoms with E-state index in [1.807, 2.05) is 6.07 Å². The smallest absolute Gasteiger partial charge is 0.336 e. The number of aromatic nitrogens is 1. The Morgan fingerprint density at radius 1 is 1.24 bits per heavy atom. The number of ether oxygens (including phenoxy) is 1. The number of benzene rings is 1. The summed E-state index contributed by atoms with van der Waals surface area (Å²) >= 11 is 1.79. The molecule has 7 heteroatoms. The van der Waals surface area contributed by atoms with Crippen LogP contribution in [0.5, 0.6) is 5.75 Å². The van der Waals surface area contributed by atoms with Crippen molar-refractivity contribution < 1.29 is 14.6 Å². The fourth-order valence-corrected chi connectivity index (χ4v) is 6.49. The monoisotopic (exact) mass is 467 g/mol. The molecule has 1 saturated carbocycles. The summed E-state index contributed by atoms with van der Waals surface area (Å²) in [7, 11) is 4.16. The molecule has 6 nitrogen and oxygen atoms in total. The van der Waals surface area contributed by atoms with Crippen molar-refractivity contribution in [2.45, 2.75) is 50.6 Å². The number of thiophene rings is 1. The van der Waals surface area contributed by atoms with E-state index in [9.17, 15) is 9.90 Å². The van der Waals surface area contributed by atoms with Gasteiger partial charge in [-0.15, -0.1) is 11.3 Å². The minimum atomic E-state index is -0.901. The average molecular weight is 468 g/mol. The number of carboxylic acid groups (broad SMARTS) is 1. The molecule has 1 unspecified atom stereocenters. The molecule has 3 aromatic rings. The maximum absolute atomic E-state index is 12.3. The van der Waals surface area contributed by atoms with Gasteiger partial charge in [0.05, 0.1) is 33.1 Å². The maximum Gasteiger partial charge on any atom is 0.336 e. The van der Waals surface area contributed by atoms with Gasteiger partial charge < -0.3 is 24.6 Å². The third-order valence-corrected chi connectivity index (χ3v) is 7.98. The van der Waals surface area contributed by atoms with Crippen molar-refractivity contribution in [3.8, 4) is 17.0 Å². The molecular formula is C26H33N3O3S. The third kappa shape index (κ3) is 4.29. The second-order valence-corrected chi connectivity index (χ2v) is 10.5. The van der Waals surface area contributed by atoms with Gasteiger partial charge >= 0.3 is 5.97 Å². The maximum atomic E-state index is 12.3. The molecule has 1 fully saturated rings. The van der Waals surface area contributed by atoms with Crippen LogP contribution < -0.4 is 10.1 Å². The number of fused-ring (bicyclic) bond motifs is 5. The van der Waals surface area contributed by atoms with Crippen LogP contribution in [0.4, 0.5) is 0 Å². The standard InChI is InChI=1S/C26H33N3O3S/c1-28(2)13-12-27-18-15-29-20-11-14-33-25(20)22(17-7-4-3-5-8-17)24(29)23-19(26(30)31)9-6-10-21(23)32-16-18/h6,9-11,14,17-18,27H,3-5,7-8,12-13,15-16H2,1-2H3,(H,30,31). The summed E-state index contributed by atoms with van der Waals surface area (Å²) in [5.41, 5.74) is 4.71. The van der Waals surface area contributed by atoms with Gasteiger partial charge in [-0.05, 0) is 62.0 Å². The van der Waals surface area contributed by atoms with Crippen LogP contribution in [-0.2, 0) is 6.54 Å². The lowest BCUT2D eigenvalue weighted by Gasteiger charge is -2.29. The number of carboxylic acids is 1. The molecule has 1 atom stereocenters. The van der Waals surface area contributed by atoms with Crippen molar-refractivity contribution in [1.82, 2.24) is 14.8 Å². The van der Waals surface area contributed by atoms with E-state index in [0.717, 1.165) is 30.9 Å². The summed E-state index contributed by atoms with van der Waals surface area (Å²) in [4.78, 5) is 14.5.